The maximum absolute atomic E-state index is 3.86. The van der Waals surface area contributed by atoms with Crippen molar-refractivity contribution in [1.29, 1.82) is 0 Å². The van der Waals surface area contributed by atoms with Crippen molar-refractivity contribution < 1.29 is 0 Å². The Morgan fingerprint density at radius 2 is 1.68 bits per heavy atom. The second-order valence-corrected chi connectivity index (χ2v) is 7.82. The average molecular weight is 266 g/mol. The summed E-state index contributed by atoms with van der Waals surface area (Å²) in [6.45, 7) is 14.3. The van der Waals surface area contributed by atoms with Gasteiger partial charge in [0.25, 0.3) is 0 Å². The van der Waals surface area contributed by atoms with Crippen molar-refractivity contribution in [2.75, 3.05) is 13.1 Å². The summed E-state index contributed by atoms with van der Waals surface area (Å²) < 4.78 is 0. The van der Waals surface area contributed by atoms with Crippen LogP contribution in [0.1, 0.15) is 73.1 Å². The summed E-state index contributed by atoms with van der Waals surface area (Å²) in [6.07, 6.45) is 8.31. The average Bonchev–Trinajstić information content (AvgIpc) is 2.90. The quantitative estimate of drug-likeness (QED) is 0.835. The molecule has 1 atom stereocenters. The molecule has 19 heavy (non-hydrogen) atoms. The van der Waals surface area contributed by atoms with Gasteiger partial charge in [0, 0.05) is 30.7 Å². The molecule has 2 nitrogen and oxygen atoms in total. The number of nitrogens with one attached hydrogen (secondary N) is 1. The highest BCUT2D eigenvalue weighted by atomic mass is 15.3. The highest BCUT2D eigenvalue weighted by Gasteiger charge is 2.44. The Kier molecular flexibility index (Phi) is 4.62. The summed E-state index contributed by atoms with van der Waals surface area (Å²) in [4.78, 5) is 2.91. The molecule has 0 aromatic heterocycles. The third-order valence-electron chi connectivity index (χ3n) is 5.79. The van der Waals surface area contributed by atoms with Crippen molar-refractivity contribution in [2.45, 2.75) is 90.8 Å². The van der Waals surface area contributed by atoms with Crippen molar-refractivity contribution in [3.05, 3.63) is 0 Å². The third kappa shape index (κ3) is 3.00. The van der Waals surface area contributed by atoms with Crippen molar-refractivity contribution in [1.82, 2.24) is 10.2 Å². The molecule has 2 rings (SSSR count). The molecule has 1 aliphatic carbocycles. The first-order valence-electron chi connectivity index (χ1n) is 8.43. The Balaban J connectivity index is 2.18. The Labute approximate surface area is 120 Å². The highest BCUT2D eigenvalue weighted by Crippen LogP contribution is 2.37. The summed E-state index contributed by atoms with van der Waals surface area (Å²) in [5, 5.41) is 3.86. The predicted molar refractivity (Wildman–Crippen MR) is 83.5 cm³/mol. The first-order chi connectivity index (χ1) is 8.93. The molecule has 112 valence electrons. The van der Waals surface area contributed by atoms with Crippen LogP contribution >= 0.6 is 0 Å². The van der Waals surface area contributed by atoms with Crippen molar-refractivity contribution >= 4 is 0 Å². The van der Waals surface area contributed by atoms with Gasteiger partial charge in [0.2, 0.25) is 0 Å². The maximum Gasteiger partial charge on any atom is 0.0332 e. The zero-order chi connectivity index (χ0) is 14.1. The van der Waals surface area contributed by atoms with Crippen molar-refractivity contribution in [2.24, 2.45) is 5.41 Å². The van der Waals surface area contributed by atoms with E-state index in [9.17, 15) is 0 Å². The minimum atomic E-state index is 0.366. The Morgan fingerprint density at radius 3 is 2.16 bits per heavy atom. The highest BCUT2D eigenvalue weighted by molar-refractivity contribution is 5.03. The number of hydrogen-bond acceptors (Lipinski definition) is 2. The van der Waals surface area contributed by atoms with E-state index in [4.69, 9.17) is 0 Å². The Bertz CT molecular complexity index is 282. The fourth-order valence-electron chi connectivity index (χ4n) is 4.11. The number of nitrogens with zero attached hydrogens (tertiary/aromatic N) is 1. The van der Waals surface area contributed by atoms with Crippen LogP contribution in [0, 0.1) is 5.41 Å². The number of rotatable bonds is 3. The van der Waals surface area contributed by atoms with Gasteiger partial charge < -0.3 is 5.32 Å². The topological polar surface area (TPSA) is 15.3 Å². The van der Waals surface area contributed by atoms with E-state index in [1.807, 2.05) is 0 Å². The van der Waals surface area contributed by atoms with E-state index in [0.717, 1.165) is 6.04 Å². The van der Waals surface area contributed by atoms with Crippen LogP contribution in [-0.2, 0) is 0 Å². The van der Waals surface area contributed by atoms with Gasteiger partial charge in [0.1, 0.15) is 0 Å². The first kappa shape index (κ1) is 15.3. The van der Waals surface area contributed by atoms with E-state index in [1.54, 1.807) is 0 Å². The van der Waals surface area contributed by atoms with Crippen LogP contribution in [0.2, 0.25) is 0 Å². The van der Waals surface area contributed by atoms with Gasteiger partial charge in [-0.05, 0) is 31.1 Å². The smallest absolute Gasteiger partial charge is 0.0332 e. The van der Waals surface area contributed by atoms with Gasteiger partial charge >= 0.3 is 0 Å². The Hall–Kier alpha value is -0.0800. The molecule has 0 aromatic carbocycles. The molecule has 0 aromatic rings. The van der Waals surface area contributed by atoms with Gasteiger partial charge in [0.05, 0.1) is 0 Å². The van der Waals surface area contributed by atoms with Gasteiger partial charge in [-0.1, -0.05) is 47.5 Å². The van der Waals surface area contributed by atoms with E-state index in [2.05, 4.69) is 44.8 Å². The molecule has 2 fully saturated rings. The molecule has 0 bridgehead atoms. The van der Waals surface area contributed by atoms with Crippen molar-refractivity contribution in [3.8, 4) is 0 Å². The molecule has 1 saturated heterocycles. The first-order valence-corrected chi connectivity index (χ1v) is 8.43. The zero-order valence-electron chi connectivity index (χ0n) is 13.8. The summed E-state index contributed by atoms with van der Waals surface area (Å²) in [6, 6.07) is 1.49. The minimum Gasteiger partial charge on any atom is -0.310 e. The fourth-order valence-corrected chi connectivity index (χ4v) is 4.11. The molecular weight excluding hydrogens is 232 g/mol. The molecule has 1 saturated carbocycles. The molecule has 1 aliphatic heterocycles. The lowest BCUT2D eigenvalue weighted by Gasteiger charge is -2.54. The Morgan fingerprint density at radius 1 is 1.11 bits per heavy atom. The van der Waals surface area contributed by atoms with Gasteiger partial charge in [-0.25, -0.2) is 0 Å². The summed E-state index contributed by atoms with van der Waals surface area (Å²) in [7, 11) is 0. The van der Waals surface area contributed by atoms with Crippen LogP contribution in [0.3, 0.4) is 0 Å². The monoisotopic (exact) mass is 266 g/mol. The van der Waals surface area contributed by atoms with E-state index in [-0.39, 0.29) is 0 Å². The van der Waals surface area contributed by atoms with Crippen LogP contribution in [0.5, 0.6) is 0 Å². The largest absolute Gasteiger partial charge is 0.310 e. The fraction of sp³-hybridized carbons (Fsp3) is 1.00. The normalized spacial score (nSPS) is 29.8. The SMILES string of the molecule is CCC1(CC)CNC(C(C)(C)C)CN1C1CCCC1. The zero-order valence-corrected chi connectivity index (χ0v) is 13.8. The molecule has 1 N–H and O–H groups in total. The molecule has 0 spiro atoms. The summed E-state index contributed by atoms with van der Waals surface area (Å²) in [5.41, 5.74) is 0.779. The summed E-state index contributed by atoms with van der Waals surface area (Å²) in [5.74, 6) is 0. The van der Waals surface area contributed by atoms with Crippen molar-refractivity contribution in [3.63, 3.8) is 0 Å². The van der Waals surface area contributed by atoms with E-state index >= 15 is 0 Å². The van der Waals surface area contributed by atoms with E-state index < -0.39 is 0 Å². The second kappa shape index (κ2) is 5.73. The number of piperazine rings is 1. The second-order valence-electron chi connectivity index (χ2n) is 7.82. The predicted octanol–water partition coefficient (Wildman–Crippen LogP) is 3.81. The van der Waals surface area contributed by atoms with Gasteiger partial charge in [-0.3, -0.25) is 4.90 Å². The molecule has 0 radical (unpaired) electrons. The van der Waals surface area contributed by atoms with Crippen LogP contribution in [0.25, 0.3) is 0 Å². The van der Waals surface area contributed by atoms with Gasteiger partial charge in [0.15, 0.2) is 0 Å². The molecule has 2 heteroatoms. The number of hydrogen-bond donors (Lipinski definition) is 1. The lowest BCUT2D eigenvalue weighted by Crippen LogP contribution is -2.68. The van der Waals surface area contributed by atoms with Crippen LogP contribution in [0.15, 0.2) is 0 Å². The van der Waals surface area contributed by atoms with Crippen LogP contribution < -0.4 is 5.32 Å². The van der Waals surface area contributed by atoms with Crippen LogP contribution in [0.4, 0.5) is 0 Å². The minimum absolute atomic E-state index is 0.366. The molecule has 0 amide bonds. The molecular formula is C17H34N2. The van der Waals surface area contributed by atoms with E-state index in [1.165, 1.54) is 51.6 Å². The van der Waals surface area contributed by atoms with Crippen LogP contribution in [-0.4, -0.2) is 35.6 Å². The van der Waals surface area contributed by atoms with Gasteiger partial charge in [-0.2, -0.15) is 0 Å². The molecule has 1 heterocycles. The maximum atomic E-state index is 3.86. The lowest BCUT2D eigenvalue weighted by molar-refractivity contribution is -0.0220. The molecule has 1 unspecified atom stereocenters. The lowest BCUT2D eigenvalue weighted by atomic mass is 9.79. The van der Waals surface area contributed by atoms with E-state index in [0.29, 0.717) is 17.0 Å². The third-order valence-corrected chi connectivity index (χ3v) is 5.79. The standard InChI is InChI=1S/C17H34N2/c1-6-17(7-2)13-18-15(16(3,4)5)12-19(17)14-10-8-9-11-14/h14-15,18H,6-13H2,1-5H3. The summed E-state index contributed by atoms with van der Waals surface area (Å²) >= 11 is 0. The molecule has 2 aliphatic rings. The van der Waals surface area contributed by atoms with Gasteiger partial charge in [-0.15, -0.1) is 0 Å².